The zero-order chi connectivity index (χ0) is 19.9. The largest absolute Gasteiger partial charge is 0.497 e. The topological polar surface area (TPSA) is 98.1 Å². The summed E-state index contributed by atoms with van der Waals surface area (Å²) in [7, 11) is 1.53. The molecule has 2 amide bonds. The minimum absolute atomic E-state index is 0.121. The van der Waals surface area contributed by atoms with Crippen LogP contribution in [0.5, 0.6) is 5.75 Å². The van der Waals surface area contributed by atoms with Crippen LogP contribution in [-0.4, -0.2) is 39.4 Å². The van der Waals surface area contributed by atoms with Crippen LogP contribution in [0.3, 0.4) is 0 Å². The second kappa shape index (κ2) is 9.05. The lowest BCUT2D eigenvalue weighted by atomic mass is 10.2. The van der Waals surface area contributed by atoms with Crippen molar-refractivity contribution in [2.45, 2.75) is 12.1 Å². The summed E-state index contributed by atoms with van der Waals surface area (Å²) in [5, 5.41) is 10.3. The van der Waals surface area contributed by atoms with Gasteiger partial charge in [-0.1, -0.05) is 30.0 Å². The molecule has 0 aliphatic heterocycles. The highest BCUT2D eigenvalue weighted by Gasteiger charge is 2.12. The number of carbonyl (C=O) groups excluding carboxylic acids is 2. The Morgan fingerprint density at radius 3 is 2.61 bits per heavy atom. The lowest BCUT2D eigenvalue weighted by molar-refractivity contribution is -0.115. The SMILES string of the molecule is COc1ccc(NC(C)=O)c(NC(=O)CSc2ncn(-c3ccccc3)n2)c1. The molecular weight excluding hydrogens is 378 g/mol. The number of anilines is 2. The molecule has 144 valence electrons. The first-order chi connectivity index (χ1) is 13.5. The molecule has 1 aromatic heterocycles. The van der Waals surface area contributed by atoms with E-state index in [0.717, 1.165) is 5.69 Å². The highest BCUT2D eigenvalue weighted by molar-refractivity contribution is 7.99. The Hall–Kier alpha value is -3.33. The number of benzene rings is 2. The number of methoxy groups -OCH3 is 1. The molecule has 9 heteroatoms. The number of rotatable bonds is 7. The summed E-state index contributed by atoms with van der Waals surface area (Å²) < 4.78 is 6.83. The van der Waals surface area contributed by atoms with E-state index in [9.17, 15) is 9.59 Å². The first-order valence-electron chi connectivity index (χ1n) is 8.40. The van der Waals surface area contributed by atoms with Crippen LogP contribution in [0.4, 0.5) is 11.4 Å². The van der Waals surface area contributed by atoms with Crippen LogP contribution in [0.25, 0.3) is 5.69 Å². The fraction of sp³-hybridized carbons (Fsp3) is 0.158. The highest BCUT2D eigenvalue weighted by atomic mass is 32.2. The van der Waals surface area contributed by atoms with Crippen LogP contribution in [0.15, 0.2) is 60.0 Å². The maximum absolute atomic E-state index is 12.4. The van der Waals surface area contributed by atoms with Gasteiger partial charge in [0.05, 0.1) is 29.9 Å². The molecule has 2 aromatic carbocycles. The van der Waals surface area contributed by atoms with Crippen molar-refractivity contribution >= 4 is 35.0 Å². The lowest BCUT2D eigenvalue weighted by Crippen LogP contribution is -2.17. The first-order valence-corrected chi connectivity index (χ1v) is 9.39. The summed E-state index contributed by atoms with van der Waals surface area (Å²) >= 11 is 1.22. The van der Waals surface area contributed by atoms with Gasteiger partial charge in [0, 0.05) is 13.0 Å². The van der Waals surface area contributed by atoms with Gasteiger partial charge in [0.15, 0.2) is 0 Å². The van der Waals surface area contributed by atoms with Gasteiger partial charge in [-0.25, -0.2) is 9.67 Å². The van der Waals surface area contributed by atoms with E-state index in [4.69, 9.17) is 4.74 Å². The number of nitrogens with one attached hydrogen (secondary N) is 2. The van der Waals surface area contributed by atoms with Gasteiger partial charge in [-0.15, -0.1) is 5.10 Å². The van der Waals surface area contributed by atoms with Gasteiger partial charge >= 0.3 is 0 Å². The van der Waals surface area contributed by atoms with Crippen LogP contribution in [-0.2, 0) is 9.59 Å². The second-order valence-electron chi connectivity index (χ2n) is 5.74. The molecule has 0 spiro atoms. The molecule has 0 unspecified atom stereocenters. The summed E-state index contributed by atoms with van der Waals surface area (Å²) in [4.78, 5) is 27.9. The third-order valence-corrected chi connectivity index (χ3v) is 4.49. The highest BCUT2D eigenvalue weighted by Crippen LogP contribution is 2.27. The van der Waals surface area contributed by atoms with Crippen LogP contribution in [0, 0.1) is 0 Å². The minimum Gasteiger partial charge on any atom is -0.497 e. The number of amides is 2. The summed E-state index contributed by atoms with van der Waals surface area (Å²) in [6.45, 7) is 1.40. The first kappa shape index (κ1) is 19.4. The molecule has 3 rings (SSSR count). The molecule has 0 fully saturated rings. The number of hydrogen-bond acceptors (Lipinski definition) is 6. The molecule has 2 N–H and O–H groups in total. The van der Waals surface area contributed by atoms with Gasteiger partial charge in [-0.3, -0.25) is 9.59 Å². The van der Waals surface area contributed by atoms with E-state index in [1.165, 1.54) is 25.8 Å². The monoisotopic (exact) mass is 397 g/mol. The smallest absolute Gasteiger partial charge is 0.234 e. The van der Waals surface area contributed by atoms with E-state index in [1.54, 1.807) is 29.2 Å². The third kappa shape index (κ3) is 5.10. The molecule has 0 aliphatic carbocycles. The van der Waals surface area contributed by atoms with E-state index in [2.05, 4.69) is 20.7 Å². The predicted octanol–water partition coefficient (Wildman–Crippen LogP) is 2.97. The predicted molar refractivity (Wildman–Crippen MR) is 108 cm³/mol. The van der Waals surface area contributed by atoms with Crippen molar-refractivity contribution in [3.05, 3.63) is 54.9 Å². The van der Waals surface area contributed by atoms with Gasteiger partial charge in [-0.2, -0.15) is 0 Å². The van der Waals surface area contributed by atoms with Gasteiger partial charge in [0.2, 0.25) is 17.0 Å². The zero-order valence-electron chi connectivity index (χ0n) is 15.4. The maximum atomic E-state index is 12.4. The fourth-order valence-electron chi connectivity index (χ4n) is 2.39. The Morgan fingerprint density at radius 2 is 1.89 bits per heavy atom. The fourth-order valence-corrected chi connectivity index (χ4v) is 2.99. The molecule has 3 aromatic rings. The number of hydrogen-bond donors (Lipinski definition) is 2. The second-order valence-corrected chi connectivity index (χ2v) is 6.68. The van der Waals surface area contributed by atoms with Gasteiger partial charge in [-0.05, 0) is 24.3 Å². The van der Waals surface area contributed by atoms with Crippen LogP contribution in [0.2, 0.25) is 0 Å². The molecule has 28 heavy (non-hydrogen) atoms. The Morgan fingerprint density at radius 1 is 1.11 bits per heavy atom. The quantitative estimate of drug-likeness (QED) is 0.595. The van der Waals surface area contributed by atoms with Crippen molar-refractivity contribution in [2.24, 2.45) is 0 Å². The third-order valence-electron chi connectivity index (χ3n) is 3.64. The molecule has 0 bridgehead atoms. The Kier molecular flexibility index (Phi) is 6.28. The summed E-state index contributed by atoms with van der Waals surface area (Å²) in [5.74, 6) is 0.210. The Bertz CT molecular complexity index is 975. The van der Waals surface area contributed by atoms with E-state index in [1.807, 2.05) is 30.3 Å². The zero-order valence-corrected chi connectivity index (χ0v) is 16.2. The maximum Gasteiger partial charge on any atom is 0.234 e. The molecule has 0 radical (unpaired) electrons. The van der Waals surface area contributed by atoms with Crippen molar-refractivity contribution in [2.75, 3.05) is 23.5 Å². The standard InChI is InChI=1S/C19H19N5O3S/c1-13(25)21-16-9-8-15(27-2)10-17(16)22-18(26)11-28-19-20-12-24(23-19)14-6-4-3-5-7-14/h3-10,12H,11H2,1-2H3,(H,21,25)(H,22,26). The molecule has 0 saturated carbocycles. The minimum atomic E-state index is -0.249. The van der Waals surface area contributed by atoms with Gasteiger partial charge in [0.25, 0.3) is 0 Å². The van der Waals surface area contributed by atoms with Gasteiger partial charge < -0.3 is 15.4 Å². The van der Waals surface area contributed by atoms with E-state index >= 15 is 0 Å². The molecule has 1 heterocycles. The van der Waals surface area contributed by atoms with Crippen molar-refractivity contribution in [1.82, 2.24) is 14.8 Å². The number of para-hydroxylation sites is 1. The van der Waals surface area contributed by atoms with Crippen LogP contribution < -0.4 is 15.4 Å². The van der Waals surface area contributed by atoms with Crippen molar-refractivity contribution in [1.29, 1.82) is 0 Å². The van der Waals surface area contributed by atoms with Gasteiger partial charge in [0.1, 0.15) is 12.1 Å². The number of carbonyl (C=O) groups is 2. The molecule has 0 saturated heterocycles. The molecule has 0 aliphatic rings. The van der Waals surface area contributed by atoms with Crippen molar-refractivity contribution < 1.29 is 14.3 Å². The lowest BCUT2D eigenvalue weighted by Gasteiger charge is -2.12. The van der Waals surface area contributed by atoms with E-state index in [-0.39, 0.29) is 17.6 Å². The van der Waals surface area contributed by atoms with Crippen molar-refractivity contribution in [3.8, 4) is 11.4 Å². The van der Waals surface area contributed by atoms with Crippen molar-refractivity contribution in [3.63, 3.8) is 0 Å². The summed E-state index contributed by atoms with van der Waals surface area (Å²) in [6.07, 6.45) is 1.60. The van der Waals surface area contributed by atoms with Crippen LogP contribution in [0.1, 0.15) is 6.92 Å². The molecular formula is C19H19N5O3S. The number of aromatic nitrogens is 3. The average Bonchev–Trinajstić information content (AvgIpc) is 3.17. The summed E-state index contributed by atoms with van der Waals surface area (Å²) in [6, 6.07) is 14.6. The number of thioether (sulfide) groups is 1. The Balaban J connectivity index is 1.63. The molecule has 8 nitrogen and oxygen atoms in total. The number of ether oxygens (including phenoxy) is 1. The van der Waals surface area contributed by atoms with E-state index < -0.39 is 0 Å². The molecule has 0 atom stereocenters. The summed E-state index contributed by atoms with van der Waals surface area (Å²) in [5.41, 5.74) is 1.85. The average molecular weight is 397 g/mol. The normalized spacial score (nSPS) is 10.4. The Labute approximate surface area is 166 Å². The van der Waals surface area contributed by atoms with Crippen LogP contribution >= 0.6 is 11.8 Å². The van der Waals surface area contributed by atoms with E-state index in [0.29, 0.717) is 22.3 Å². The number of nitrogens with zero attached hydrogens (tertiary/aromatic N) is 3.